The first kappa shape index (κ1) is 13.7. The largest absolute Gasteiger partial charge is 0.545 e. The molecule has 2 rings (SSSR count). The molecule has 0 aliphatic carbocycles. The maximum Gasteiger partial charge on any atom is 0.0721 e. The van der Waals surface area contributed by atoms with Crippen LogP contribution in [0.1, 0.15) is 34.6 Å². The van der Waals surface area contributed by atoms with Crippen molar-refractivity contribution in [2.24, 2.45) is 0 Å². The van der Waals surface area contributed by atoms with Crippen LogP contribution in [0.25, 0.3) is 10.8 Å². The maximum absolute atomic E-state index is 10.8. The molecule has 0 aliphatic rings. The van der Waals surface area contributed by atoms with Crippen molar-refractivity contribution in [3.63, 3.8) is 0 Å². The van der Waals surface area contributed by atoms with Crippen molar-refractivity contribution in [3.05, 3.63) is 47.5 Å². The summed E-state index contributed by atoms with van der Waals surface area (Å²) < 4.78 is 0. The van der Waals surface area contributed by atoms with E-state index < -0.39 is 11.9 Å². The van der Waals surface area contributed by atoms with Gasteiger partial charge in [0.25, 0.3) is 0 Å². The molecule has 4 nitrogen and oxygen atoms in total. The van der Waals surface area contributed by atoms with Crippen molar-refractivity contribution in [3.8, 4) is 0 Å². The Hall–Kier alpha value is -2.36. The molecule has 0 saturated carbocycles. The molecular formula is C14H12O4-2. The summed E-state index contributed by atoms with van der Waals surface area (Å²) >= 11 is 0. The zero-order chi connectivity index (χ0) is 13.7. The third-order valence-corrected chi connectivity index (χ3v) is 2.36. The number of carboxylic acids is 2. The second-order valence-corrected chi connectivity index (χ2v) is 3.28. The smallest absolute Gasteiger partial charge is 0.0721 e. The topological polar surface area (TPSA) is 80.3 Å². The number of benzene rings is 2. The zero-order valence-electron chi connectivity index (χ0n) is 10.1. The highest BCUT2D eigenvalue weighted by molar-refractivity contribution is 6.09. The van der Waals surface area contributed by atoms with Crippen molar-refractivity contribution < 1.29 is 19.8 Å². The van der Waals surface area contributed by atoms with Crippen LogP contribution >= 0.6 is 0 Å². The highest BCUT2D eigenvalue weighted by Gasteiger charge is 2.05. The molecule has 0 radical (unpaired) electrons. The summed E-state index contributed by atoms with van der Waals surface area (Å²) in [6.07, 6.45) is 0. The predicted octanol–water partition coefficient (Wildman–Crippen LogP) is 0.593. The van der Waals surface area contributed by atoms with Gasteiger partial charge in [-0.2, -0.15) is 0 Å². The fourth-order valence-electron chi connectivity index (χ4n) is 1.67. The lowest BCUT2D eigenvalue weighted by Crippen LogP contribution is -2.24. The standard InChI is InChI=1S/C12H8O4.C2H6/c13-11(14)9-5-1-3-7-8(9)4-2-6-10(7)12(15)16;1-2/h1-6H,(H,13,14)(H,15,16);1-2H3/p-2. The molecule has 2 aromatic carbocycles. The van der Waals surface area contributed by atoms with Crippen molar-refractivity contribution >= 4 is 22.7 Å². The molecule has 0 aliphatic heterocycles. The Kier molecular flexibility index (Phi) is 4.43. The van der Waals surface area contributed by atoms with E-state index in [1.807, 2.05) is 13.8 Å². The number of hydrogen-bond acceptors (Lipinski definition) is 4. The van der Waals surface area contributed by atoms with Crippen LogP contribution in [-0.2, 0) is 0 Å². The monoisotopic (exact) mass is 244 g/mol. The summed E-state index contributed by atoms with van der Waals surface area (Å²) in [4.78, 5) is 21.6. The van der Waals surface area contributed by atoms with Gasteiger partial charge < -0.3 is 19.8 Å². The lowest BCUT2D eigenvalue weighted by Gasteiger charge is -2.11. The lowest BCUT2D eigenvalue weighted by atomic mass is 10.0. The Morgan fingerprint density at radius 1 is 0.778 bits per heavy atom. The Balaban J connectivity index is 0.000000771. The fourth-order valence-corrected chi connectivity index (χ4v) is 1.67. The highest BCUT2D eigenvalue weighted by Crippen LogP contribution is 2.21. The van der Waals surface area contributed by atoms with Gasteiger partial charge >= 0.3 is 0 Å². The average molecular weight is 244 g/mol. The van der Waals surface area contributed by atoms with Gasteiger partial charge in [-0.25, -0.2) is 0 Å². The first-order valence-electron chi connectivity index (χ1n) is 5.55. The zero-order valence-corrected chi connectivity index (χ0v) is 10.1. The Bertz CT molecular complexity index is 534. The number of carboxylic acid groups (broad SMARTS) is 2. The molecule has 0 N–H and O–H groups in total. The van der Waals surface area contributed by atoms with Gasteiger partial charge in [-0.1, -0.05) is 50.2 Å². The molecule has 0 atom stereocenters. The van der Waals surface area contributed by atoms with E-state index in [0.717, 1.165) is 0 Å². The summed E-state index contributed by atoms with van der Waals surface area (Å²) in [5.41, 5.74) is -0.0544. The molecular weight excluding hydrogens is 232 g/mol. The number of aromatic carboxylic acids is 2. The summed E-state index contributed by atoms with van der Waals surface area (Å²) in [6.45, 7) is 4.00. The van der Waals surface area contributed by atoms with Gasteiger partial charge in [-0.15, -0.1) is 0 Å². The number of rotatable bonds is 2. The van der Waals surface area contributed by atoms with Crippen LogP contribution in [0.5, 0.6) is 0 Å². The van der Waals surface area contributed by atoms with Gasteiger partial charge in [0.1, 0.15) is 0 Å². The molecule has 0 unspecified atom stereocenters. The summed E-state index contributed by atoms with van der Waals surface area (Å²) in [6, 6.07) is 8.76. The molecule has 2 aromatic rings. The lowest BCUT2D eigenvalue weighted by molar-refractivity contribution is -0.256. The first-order chi connectivity index (χ1) is 8.61. The number of carbonyl (C=O) groups is 2. The van der Waals surface area contributed by atoms with E-state index in [-0.39, 0.29) is 11.1 Å². The third kappa shape index (κ3) is 2.48. The normalized spacial score (nSPS) is 9.44. The van der Waals surface area contributed by atoms with E-state index in [1.54, 1.807) is 0 Å². The van der Waals surface area contributed by atoms with Crippen LogP contribution < -0.4 is 10.2 Å². The van der Waals surface area contributed by atoms with E-state index in [1.165, 1.54) is 36.4 Å². The molecule has 0 amide bonds. The Morgan fingerprint density at radius 2 is 1.11 bits per heavy atom. The van der Waals surface area contributed by atoms with E-state index >= 15 is 0 Å². The van der Waals surface area contributed by atoms with Crippen molar-refractivity contribution in [1.82, 2.24) is 0 Å². The average Bonchev–Trinajstić information content (AvgIpc) is 2.39. The number of fused-ring (bicyclic) bond motifs is 1. The molecule has 0 aromatic heterocycles. The number of carbonyl (C=O) groups excluding carboxylic acids is 2. The Morgan fingerprint density at radius 3 is 1.39 bits per heavy atom. The van der Waals surface area contributed by atoms with Crippen LogP contribution in [-0.4, -0.2) is 11.9 Å². The summed E-state index contributed by atoms with van der Waals surface area (Å²) in [5.74, 6) is -2.66. The molecule has 0 bridgehead atoms. The summed E-state index contributed by atoms with van der Waals surface area (Å²) in [5, 5.41) is 22.3. The van der Waals surface area contributed by atoms with Gasteiger partial charge in [-0.05, 0) is 10.8 Å². The van der Waals surface area contributed by atoms with Crippen molar-refractivity contribution in [2.45, 2.75) is 13.8 Å². The summed E-state index contributed by atoms with van der Waals surface area (Å²) in [7, 11) is 0. The van der Waals surface area contributed by atoms with Crippen LogP contribution in [0.4, 0.5) is 0 Å². The molecule has 4 heteroatoms. The first-order valence-corrected chi connectivity index (χ1v) is 5.55. The number of hydrogen-bond donors (Lipinski definition) is 0. The van der Waals surface area contributed by atoms with E-state index in [2.05, 4.69) is 0 Å². The van der Waals surface area contributed by atoms with Crippen LogP contribution in [0, 0.1) is 0 Å². The molecule has 0 heterocycles. The van der Waals surface area contributed by atoms with Gasteiger partial charge in [0.2, 0.25) is 0 Å². The van der Waals surface area contributed by atoms with Crippen LogP contribution in [0.15, 0.2) is 36.4 Å². The SMILES string of the molecule is CC.O=C([O-])c1cccc2c(C(=O)[O-])cccc12. The fraction of sp³-hybridized carbons (Fsp3) is 0.143. The third-order valence-electron chi connectivity index (χ3n) is 2.36. The minimum absolute atomic E-state index is 0.0272. The minimum atomic E-state index is -1.33. The van der Waals surface area contributed by atoms with Crippen LogP contribution in [0.2, 0.25) is 0 Å². The van der Waals surface area contributed by atoms with Gasteiger partial charge in [0, 0.05) is 11.1 Å². The second-order valence-electron chi connectivity index (χ2n) is 3.28. The van der Waals surface area contributed by atoms with Gasteiger partial charge in [0.05, 0.1) is 11.9 Å². The molecule has 94 valence electrons. The predicted molar refractivity (Wildman–Crippen MR) is 64.0 cm³/mol. The molecule has 18 heavy (non-hydrogen) atoms. The maximum atomic E-state index is 10.8. The Labute approximate surface area is 104 Å². The molecule has 0 fully saturated rings. The molecule has 0 spiro atoms. The van der Waals surface area contributed by atoms with E-state index in [0.29, 0.717) is 10.8 Å². The van der Waals surface area contributed by atoms with E-state index in [9.17, 15) is 19.8 Å². The van der Waals surface area contributed by atoms with Crippen molar-refractivity contribution in [2.75, 3.05) is 0 Å². The van der Waals surface area contributed by atoms with E-state index in [4.69, 9.17) is 0 Å². The second kappa shape index (κ2) is 5.82. The van der Waals surface area contributed by atoms with Crippen molar-refractivity contribution in [1.29, 1.82) is 0 Å². The molecule has 0 saturated heterocycles. The quantitative estimate of drug-likeness (QED) is 0.774. The minimum Gasteiger partial charge on any atom is -0.545 e. The van der Waals surface area contributed by atoms with Gasteiger partial charge in [-0.3, -0.25) is 0 Å². The van der Waals surface area contributed by atoms with Gasteiger partial charge in [0.15, 0.2) is 0 Å². The highest BCUT2D eigenvalue weighted by atomic mass is 16.4. The van der Waals surface area contributed by atoms with Crippen LogP contribution in [0.3, 0.4) is 0 Å².